The Labute approximate surface area is 102 Å². The number of fused-ring (bicyclic) bond motifs is 1. The van der Waals surface area contributed by atoms with Gasteiger partial charge in [0.25, 0.3) is 0 Å². The summed E-state index contributed by atoms with van der Waals surface area (Å²) in [4.78, 5) is 2.25. The monoisotopic (exact) mass is 229 g/mol. The van der Waals surface area contributed by atoms with Crippen molar-refractivity contribution in [1.82, 2.24) is 4.90 Å². The van der Waals surface area contributed by atoms with Crippen molar-refractivity contribution < 1.29 is 5.11 Å². The summed E-state index contributed by atoms with van der Waals surface area (Å²) < 4.78 is 0. The Morgan fingerprint density at radius 2 is 1.82 bits per heavy atom. The number of likely N-dealkylation sites (N-methyl/N-ethyl adjacent to an activating group) is 1. The molecule has 0 radical (unpaired) electrons. The van der Waals surface area contributed by atoms with E-state index in [2.05, 4.69) is 54.3 Å². The summed E-state index contributed by atoms with van der Waals surface area (Å²) in [6, 6.07) is 14.9. The van der Waals surface area contributed by atoms with Crippen LogP contribution in [0.3, 0.4) is 0 Å². The van der Waals surface area contributed by atoms with Gasteiger partial charge in [-0.25, -0.2) is 0 Å². The molecule has 0 unspecified atom stereocenters. The second-order valence-electron chi connectivity index (χ2n) is 4.23. The molecule has 2 heteroatoms. The highest BCUT2D eigenvalue weighted by molar-refractivity contribution is 5.85. The van der Waals surface area contributed by atoms with E-state index in [0.717, 1.165) is 19.6 Å². The Morgan fingerprint density at radius 3 is 2.59 bits per heavy atom. The van der Waals surface area contributed by atoms with Gasteiger partial charge >= 0.3 is 0 Å². The number of benzene rings is 2. The average molecular weight is 229 g/mol. The van der Waals surface area contributed by atoms with Crippen molar-refractivity contribution in [3.8, 4) is 0 Å². The zero-order valence-electron chi connectivity index (χ0n) is 10.3. The molecule has 2 aromatic rings. The fourth-order valence-electron chi connectivity index (χ4n) is 2.16. The van der Waals surface area contributed by atoms with Crippen molar-refractivity contribution in [1.29, 1.82) is 0 Å². The first kappa shape index (κ1) is 12.1. The second-order valence-corrected chi connectivity index (χ2v) is 4.23. The normalized spacial score (nSPS) is 11.2. The summed E-state index contributed by atoms with van der Waals surface area (Å²) in [6.07, 6.45) is 0. The standard InChI is InChI=1S/C15H19NO/c1-2-16(10-11-17)12-14-8-5-7-13-6-3-4-9-15(13)14/h3-9,17H,2,10-12H2,1H3. The summed E-state index contributed by atoms with van der Waals surface area (Å²) in [5, 5.41) is 11.6. The fraction of sp³-hybridized carbons (Fsp3) is 0.333. The van der Waals surface area contributed by atoms with Crippen LogP contribution in [0.25, 0.3) is 10.8 Å². The molecule has 0 spiro atoms. The molecule has 17 heavy (non-hydrogen) atoms. The molecular weight excluding hydrogens is 210 g/mol. The molecule has 0 aliphatic rings. The van der Waals surface area contributed by atoms with Crippen molar-refractivity contribution in [2.75, 3.05) is 19.7 Å². The first-order valence-electron chi connectivity index (χ1n) is 6.15. The van der Waals surface area contributed by atoms with Gasteiger partial charge in [0.1, 0.15) is 0 Å². The molecule has 2 rings (SSSR count). The third kappa shape index (κ3) is 2.84. The third-order valence-electron chi connectivity index (χ3n) is 3.14. The van der Waals surface area contributed by atoms with Gasteiger partial charge in [-0.1, -0.05) is 49.4 Å². The van der Waals surface area contributed by atoms with Crippen LogP contribution in [0.1, 0.15) is 12.5 Å². The third-order valence-corrected chi connectivity index (χ3v) is 3.14. The van der Waals surface area contributed by atoms with E-state index in [4.69, 9.17) is 5.11 Å². The minimum atomic E-state index is 0.221. The second kappa shape index (κ2) is 5.80. The van der Waals surface area contributed by atoms with Crippen molar-refractivity contribution in [3.05, 3.63) is 48.0 Å². The molecule has 0 atom stereocenters. The molecule has 2 nitrogen and oxygen atoms in total. The van der Waals surface area contributed by atoms with Gasteiger partial charge in [0.05, 0.1) is 6.61 Å². The summed E-state index contributed by atoms with van der Waals surface area (Å²) in [5.41, 5.74) is 1.33. The van der Waals surface area contributed by atoms with Gasteiger partial charge in [0.2, 0.25) is 0 Å². The quantitative estimate of drug-likeness (QED) is 0.852. The van der Waals surface area contributed by atoms with Crippen LogP contribution >= 0.6 is 0 Å². The Hall–Kier alpha value is -1.38. The summed E-state index contributed by atoms with van der Waals surface area (Å²) in [6.45, 7) is 4.95. The van der Waals surface area contributed by atoms with Gasteiger partial charge in [-0.3, -0.25) is 4.90 Å². The van der Waals surface area contributed by atoms with Gasteiger partial charge in [-0.15, -0.1) is 0 Å². The van der Waals surface area contributed by atoms with Crippen molar-refractivity contribution in [2.45, 2.75) is 13.5 Å². The molecule has 0 aromatic heterocycles. The van der Waals surface area contributed by atoms with Crippen LogP contribution in [0.4, 0.5) is 0 Å². The molecule has 0 heterocycles. The van der Waals surface area contributed by atoms with Crippen molar-refractivity contribution >= 4 is 10.8 Å². The van der Waals surface area contributed by atoms with E-state index < -0.39 is 0 Å². The van der Waals surface area contributed by atoms with Crippen molar-refractivity contribution in [3.63, 3.8) is 0 Å². The van der Waals surface area contributed by atoms with E-state index >= 15 is 0 Å². The Morgan fingerprint density at radius 1 is 1.06 bits per heavy atom. The van der Waals surface area contributed by atoms with E-state index in [-0.39, 0.29) is 6.61 Å². The van der Waals surface area contributed by atoms with Crippen LogP contribution in [0.5, 0.6) is 0 Å². The lowest BCUT2D eigenvalue weighted by Gasteiger charge is -2.20. The lowest BCUT2D eigenvalue weighted by Crippen LogP contribution is -2.26. The largest absolute Gasteiger partial charge is 0.395 e. The fourth-order valence-corrected chi connectivity index (χ4v) is 2.16. The van der Waals surface area contributed by atoms with Gasteiger partial charge in [0, 0.05) is 13.1 Å². The maximum atomic E-state index is 9.02. The molecule has 0 bridgehead atoms. The highest BCUT2D eigenvalue weighted by Gasteiger charge is 2.05. The van der Waals surface area contributed by atoms with Crippen LogP contribution in [-0.4, -0.2) is 29.7 Å². The van der Waals surface area contributed by atoms with E-state index in [9.17, 15) is 0 Å². The van der Waals surface area contributed by atoms with Gasteiger partial charge in [-0.2, -0.15) is 0 Å². The highest BCUT2D eigenvalue weighted by Crippen LogP contribution is 2.19. The number of rotatable bonds is 5. The maximum Gasteiger partial charge on any atom is 0.0558 e. The molecule has 0 amide bonds. The van der Waals surface area contributed by atoms with Gasteiger partial charge in [-0.05, 0) is 22.9 Å². The molecule has 90 valence electrons. The Kier molecular flexibility index (Phi) is 4.13. The van der Waals surface area contributed by atoms with Crippen LogP contribution in [0.2, 0.25) is 0 Å². The zero-order chi connectivity index (χ0) is 12.1. The smallest absolute Gasteiger partial charge is 0.0558 e. The van der Waals surface area contributed by atoms with E-state index in [1.807, 2.05) is 0 Å². The number of nitrogens with zero attached hydrogens (tertiary/aromatic N) is 1. The average Bonchev–Trinajstić information content (AvgIpc) is 2.38. The van der Waals surface area contributed by atoms with Gasteiger partial charge < -0.3 is 5.11 Å². The van der Waals surface area contributed by atoms with Crippen LogP contribution in [0, 0.1) is 0 Å². The van der Waals surface area contributed by atoms with Gasteiger partial charge in [0.15, 0.2) is 0 Å². The number of hydrogen-bond acceptors (Lipinski definition) is 2. The minimum Gasteiger partial charge on any atom is -0.395 e. The molecule has 2 aromatic carbocycles. The summed E-state index contributed by atoms with van der Waals surface area (Å²) in [7, 11) is 0. The predicted molar refractivity (Wildman–Crippen MR) is 72.0 cm³/mol. The number of aliphatic hydroxyl groups is 1. The molecule has 0 aliphatic carbocycles. The highest BCUT2D eigenvalue weighted by atomic mass is 16.3. The predicted octanol–water partition coefficient (Wildman–Crippen LogP) is 2.65. The molecule has 0 saturated heterocycles. The molecule has 0 fully saturated rings. The SMILES string of the molecule is CCN(CCO)Cc1cccc2ccccc12. The first-order chi connectivity index (χ1) is 8.35. The molecule has 1 N–H and O–H groups in total. The van der Waals surface area contributed by atoms with E-state index in [0.29, 0.717) is 0 Å². The Balaban J connectivity index is 2.28. The first-order valence-corrected chi connectivity index (χ1v) is 6.15. The lowest BCUT2D eigenvalue weighted by molar-refractivity contribution is 0.197. The zero-order valence-corrected chi connectivity index (χ0v) is 10.3. The summed E-state index contributed by atoms with van der Waals surface area (Å²) >= 11 is 0. The topological polar surface area (TPSA) is 23.5 Å². The maximum absolute atomic E-state index is 9.02. The minimum absolute atomic E-state index is 0.221. The van der Waals surface area contributed by atoms with Crippen LogP contribution in [-0.2, 0) is 6.54 Å². The summed E-state index contributed by atoms with van der Waals surface area (Å²) in [5.74, 6) is 0. The van der Waals surface area contributed by atoms with Crippen LogP contribution in [0.15, 0.2) is 42.5 Å². The van der Waals surface area contributed by atoms with Crippen molar-refractivity contribution in [2.24, 2.45) is 0 Å². The number of hydrogen-bond donors (Lipinski definition) is 1. The van der Waals surface area contributed by atoms with E-state index in [1.165, 1.54) is 16.3 Å². The number of aliphatic hydroxyl groups excluding tert-OH is 1. The molecular formula is C15H19NO. The lowest BCUT2D eigenvalue weighted by atomic mass is 10.0. The Bertz CT molecular complexity index is 476. The van der Waals surface area contributed by atoms with E-state index in [1.54, 1.807) is 0 Å². The molecule has 0 saturated carbocycles. The van der Waals surface area contributed by atoms with Crippen LogP contribution < -0.4 is 0 Å². The molecule has 0 aliphatic heterocycles.